The van der Waals surface area contributed by atoms with Crippen molar-refractivity contribution in [1.82, 2.24) is 20.1 Å². The van der Waals surface area contributed by atoms with Gasteiger partial charge in [-0.3, -0.25) is 4.79 Å². The van der Waals surface area contributed by atoms with Gasteiger partial charge in [0.2, 0.25) is 5.91 Å². The minimum absolute atomic E-state index is 0.0342. The molecule has 0 spiro atoms. The lowest BCUT2D eigenvalue weighted by Crippen LogP contribution is -2.28. The highest BCUT2D eigenvalue weighted by molar-refractivity contribution is 7.99. The largest absolute Gasteiger partial charge is 0.483 e. The molecule has 170 valence electrons. The van der Waals surface area contributed by atoms with Gasteiger partial charge in [0.1, 0.15) is 5.75 Å². The fourth-order valence-corrected chi connectivity index (χ4v) is 4.25. The first-order valence-electron chi connectivity index (χ1n) is 11.1. The molecule has 0 bridgehead atoms. The van der Waals surface area contributed by atoms with E-state index in [9.17, 15) is 4.79 Å². The number of benzene rings is 2. The summed E-state index contributed by atoms with van der Waals surface area (Å²) in [5, 5.41) is 12.4. The molecule has 2 aromatic carbocycles. The molecule has 1 heterocycles. The van der Waals surface area contributed by atoms with Gasteiger partial charge in [-0.05, 0) is 49.9 Å². The summed E-state index contributed by atoms with van der Waals surface area (Å²) in [5.41, 5.74) is 2.36. The molecule has 0 fully saturated rings. The smallest absolute Gasteiger partial charge is 0.230 e. The molecule has 0 saturated carbocycles. The van der Waals surface area contributed by atoms with E-state index in [4.69, 9.17) is 4.74 Å². The van der Waals surface area contributed by atoms with Crippen molar-refractivity contribution in [3.63, 3.8) is 0 Å². The highest BCUT2D eigenvalue weighted by Crippen LogP contribution is 2.26. The number of ether oxygens (including phenoxy) is 1. The number of carbonyl (C=O) groups excluding carboxylic acids is 1. The fourth-order valence-electron chi connectivity index (χ4n) is 3.43. The third-order valence-electron chi connectivity index (χ3n) is 5.29. The van der Waals surface area contributed by atoms with Crippen LogP contribution in [0.1, 0.15) is 69.6 Å². The summed E-state index contributed by atoms with van der Waals surface area (Å²) >= 11 is 1.39. The van der Waals surface area contributed by atoms with Crippen LogP contribution in [0.25, 0.3) is 0 Å². The van der Waals surface area contributed by atoms with E-state index in [-0.39, 0.29) is 23.8 Å². The van der Waals surface area contributed by atoms with Crippen molar-refractivity contribution in [1.29, 1.82) is 0 Å². The van der Waals surface area contributed by atoms with Crippen molar-refractivity contribution in [3.8, 4) is 5.75 Å². The maximum Gasteiger partial charge on any atom is 0.230 e. The topological polar surface area (TPSA) is 69.0 Å². The predicted octanol–water partition coefficient (Wildman–Crippen LogP) is 5.53. The summed E-state index contributed by atoms with van der Waals surface area (Å²) in [6, 6.07) is 18.1. The summed E-state index contributed by atoms with van der Waals surface area (Å²) in [5.74, 6) is 2.28. The van der Waals surface area contributed by atoms with Crippen LogP contribution in [-0.4, -0.2) is 26.4 Å². The Labute approximate surface area is 194 Å². The SMILES string of the molecule is CCn1c(SCC(=O)NC(C)c2ccccc2)nnc1C(C)Oc1ccc(C(C)C)cc1. The Morgan fingerprint density at radius 1 is 1.00 bits per heavy atom. The maximum atomic E-state index is 12.4. The summed E-state index contributed by atoms with van der Waals surface area (Å²) < 4.78 is 8.11. The number of amides is 1. The van der Waals surface area contributed by atoms with Crippen LogP contribution in [0.4, 0.5) is 0 Å². The van der Waals surface area contributed by atoms with Gasteiger partial charge in [-0.1, -0.05) is 68.1 Å². The second-order valence-electron chi connectivity index (χ2n) is 8.06. The van der Waals surface area contributed by atoms with Crippen molar-refractivity contribution in [2.75, 3.05) is 5.75 Å². The van der Waals surface area contributed by atoms with Crippen molar-refractivity contribution in [2.45, 2.75) is 64.4 Å². The molecule has 3 rings (SSSR count). The number of nitrogens with one attached hydrogen (secondary N) is 1. The Morgan fingerprint density at radius 2 is 1.69 bits per heavy atom. The van der Waals surface area contributed by atoms with Gasteiger partial charge in [-0.25, -0.2) is 0 Å². The molecule has 1 N–H and O–H groups in total. The molecule has 0 radical (unpaired) electrons. The van der Waals surface area contributed by atoms with Crippen molar-refractivity contribution >= 4 is 17.7 Å². The quantitative estimate of drug-likeness (QED) is 0.410. The minimum atomic E-state index is -0.256. The first-order chi connectivity index (χ1) is 15.4. The zero-order valence-electron chi connectivity index (χ0n) is 19.4. The third-order valence-corrected chi connectivity index (χ3v) is 6.26. The van der Waals surface area contributed by atoms with Gasteiger partial charge in [0.25, 0.3) is 0 Å². The van der Waals surface area contributed by atoms with Gasteiger partial charge in [0, 0.05) is 6.54 Å². The van der Waals surface area contributed by atoms with Gasteiger partial charge in [0.05, 0.1) is 11.8 Å². The molecule has 2 atom stereocenters. The first kappa shape index (κ1) is 23.9. The van der Waals surface area contributed by atoms with Crippen LogP contribution < -0.4 is 10.1 Å². The molecule has 1 aromatic heterocycles. The molecular formula is C25H32N4O2S. The number of carbonyl (C=O) groups is 1. The molecule has 6 nitrogen and oxygen atoms in total. The van der Waals surface area contributed by atoms with Crippen LogP contribution >= 0.6 is 11.8 Å². The number of thioether (sulfide) groups is 1. The van der Waals surface area contributed by atoms with E-state index < -0.39 is 0 Å². The average molecular weight is 453 g/mol. The Hall–Kier alpha value is -2.80. The van der Waals surface area contributed by atoms with E-state index in [0.717, 1.165) is 22.3 Å². The first-order valence-corrected chi connectivity index (χ1v) is 12.0. The fraction of sp³-hybridized carbons (Fsp3) is 0.400. The molecular weight excluding hydrogens is 420 g/mol. The number of hydrogen-bond acceptors (Lipinski definition) is 5. The molecule has 0 saturated heterocycles. The van der Waals surface area contributed by atoms with Crippen LogP contribution in [0, 0.1) is 0 Å². The molecule has 3 aromatic rings. The predicted molar refractivity (Wildman–Crippen MR) is 129 cm³/mol. The summed E-state index contributed by atoms with van der Waals surface area (Å²) in [4.78, 5) is 12.4. The van der Waals surface area contributed by atoms with E-state index in [1.54, 1.807) is 0 Å². The number of aromatic nitrogens is 3. The van der Waals surface area contributed by atoms with Crippen LogP contribution in [0.15, 0.2) is 59.8 Å². The van der Waals surface area contributed by atoms with Gasteiger partial charge >= 0.3 is 0 Å². The Kier molecular flexibility index (Phi) is 8.33. The number of hydrogen-bond donors (Lipinski definition) is 1. The van der Waals surface area contributed by atoms with Gasteiger partial charge in [0.15, 0.2) is 17.1 Å². The number of rotatable bonds is 10. The van der Waals surface area contributed by atoms with Gasteiger partial charge in [-0.2, -0.15) is 0 Å². The Balaban J connectivity index is 1.59. The highest BCUT2D eigenvalue weighted by atomic mass is 32.2. The van der Waals surface area contributed by atoms with E-state index in [1.165, 1.54) is 17.3 Å². The van der Waals surface area contributed by atoms with Crippen molar-refractivity contribution in [3.05, 3.63) is 71.5 Å². The van der Waals surface area contributed by atoms with Gasteiger partial charge < -0.3 is 14.6 Å². The van der Waals surface area contributed by atoms with Crippen molar-refractivity contribution < 1.29 is 9.53 Å². The third kappa shape index (κ3) is 6.13. The number of nitrogens with zero attached hydrogens (tertiary/aromatic N) is 3. The van der Waals surface area contributed by atoms with E-state index in [2.05, 4.69) is 41.5 Å². The van der Waals surface area contributed by atoms with Crippen molar-refractivity contribution in [2.24, 2.45) is 0 Å². The van der Waals surface area contributed by atoms with Crippen LogP contribution in [0.3, 0.4) is 0 Å². The summed E-state index contributed by atoms with van der Waals surface area (Å²) in [7, 11) is 0. The normalized spacial score (nSPS) is 13.1. The summed E-state index contributed by atoms with van der Waals surface area (Å²) in [6.45, 7) is 11.0. The lowest BCUT2D eigenvalue weighted by atomic mass is 10.0. The Morgan fingerprint density at radius 3 is 2.31 bits per heavy atom. The Bertz CT molecular complexity index is 1000. The standard InChI is InChI=1S/C25H32N4O2S/c1-6-29-24(19(5)31-22-14-12-20(13-15-22)17(2)3)27-28-25(29)32-16-23(30)26-18(4)21-10-8-7-9-11-21/h7-15,17-19H,6,16H2,1-5H3,(H,26,30). The van der Waals surface area contributed by atoms with E-state index in [0.29, 0.717) is 12.5 Å². The molecule has 32 heavy (non-hydrogen) atoms. The lowest BCUT2D eigenvalue weighted by Gasteiger charge is -2.16. The molecule has 1 amide bonds. The van der Waals surface area contributed by atoms with Crippen LogP contribution in [0.2, 0.25) is 0 Å². The average Bonchev–Trinajstić information content (AvgIpc) is 3.21. The molecule has 0 aliphatic rings. The molecule has 2 unspecified atom stereocenters. The van der Waals surface area contributed by atoms with E-state index in [1.807, 2.05) is 67.8 Å². The zero-order chi connectivity index (χ0) is 23.1. The molecule has 7 heteroatoms. The second kappa shape index (κ2) is 11.2. The van der Waals surface area contributed by atoms with Gasteiger partial charge in [-0.15, -0.1) is 10.2 Å². The lowest BCUT2D eigenvalue weighted by molar-refractivity contribution is -0.119. The maximum absolute atomic E-state index is 12.4. The zero-order valence-corrected chi connectivity index (χ0v) is 20.2. The molecule has 0 aliphatic heterocycles. The summed E-state index contributed by atoms with van der Waals surface area (Å²) in [6.07, 6.45) is -0.256. The highest BCUT2D eigenvalue weighted by Gasteiger charge is 2.20. The monoisotopic (exact) mass is 452 g/mol. The molecule has 0 aliphatic carbocycles. The van der Waals surface area contributed by atoms with Crippen LogP contribution in [0.5, 0.6) is 5.75 Å². The van der Waals surface area contributed by atoms with Crippen LogP contribution in [-0.2, 0) is 11.3 Å². The second-order valence-corrected chi connectivity index (χ2v) is 9.00. The van der Waals surface area contributed by atoms with E-state index >= 15 is 0 Å². The minimum Gasteiger partial charge on any atom is -0.483 e.